The molecule has 3 aliphatic heterocycles. The van der Waals surface area contributed by atoms with Crippen LogP contribution in [-0.4, -0.2) is 71.0 Å². The van der Waals surface area contributed by atoms with E-state index in [1.807, 2.05) is 6.07 Å². The third-order valence-electron chi connectivity index (χ3n) is 6.73. The van der Waals surface area contributed by atoms with Gasteiger partial charge in [-0.15, -0.1) is 0 Å². The number of nitrogens with one attached hydrogen (secondary N) is 1. The topological polar surface area (TPSA) is 73.8 Å². The largest absolute Gasteiger partial charge is 0.390 e. The molecule has 0 bridgehead atoms. The molecule has 0 saturated carbocycles. The molecule has 2 N–H and O–H groups in total. The van der Waals surface area contributed by atoms with Crippen LogP contribution in [0.15, 0.2) is 36.7 Å². The van der Waals surface area contributed by atoms with E-state index in [0.717, 1.165) is 70.2 Å². The Labute approximate surface area is 178 Å². The van der Waals surface area contributed by atoms with Gasteiger partial charge in [-0.1, -0.05) is 24.3 Å². The predicted molar refractivity (Wildman–Crippen MR) is 117 cm³/mol. The Balaban J connectivity index is 1.21. The molecule has 160 valence electrons. The number of hydrogen-bond donors (Lipinski definition) is 2. The third-order valence-corrected chi connectivity index (χ3v) is 6.73. The minimum absolute atomic E-state index is 0.205. The summed E-state index contributed by atoms with van der Waals surface area (Å²) in [5, 5.41) is 14.5. The number of hydrogen-bond acceptors (Lipinski definition) is 7. The van der Waals surface area contributed by atoms with Crippen molar-refractivity contribution in [1.29, 1.82) is 0 Å². The first-order valence-electron chi connectivity index (χ1n) is 11.2. The summed E-state index contributed by atoms with van der Waals surface area (Å²) in [4.78, 5) is 13.5. The molecule has 30 heavy (non-hydrogen) atoms. The molecule has 5 rings (SSSR count). The van der Waals surface area contributed by atoms with Crippen LogP contribution in [0.1, 0.15) is 30.4 Å². The minimum atomic E-state index is -0.383. The summed E-state index contributed by atoms with van der Waals surface area (Å²) >= 11 is 0. The number of aliphatic hydroxyl groups is 1. The second kappa shape index (κ2) is 8.88. The summed E-state index contributed by atoms with van der Waals surface area (Å²) in [7, 11) is 0. The number of anilines is 2. The number of rotatable bonds is 4. The summed E-state index contributed by atoms with van der Waals surface area (Å²) in [5.41, 5.74) is 2.85. The van der Waals surface area contributed by atoms with E-state index in [2.05, 4.69) is 49.4 Å². The highest BCUT2D eigenvalue weighted by atomic mass is 16.5. The molecule has 1 aromatic carbocycles. The van der Waals surface area contributed by atoms with E-state index in [9.17, 15) is 5.11 Å². The molecule has 2 aromatic rings. The smallest absolute Gasteiger partial charge is 0.134 e. The van der Waals surface area contributed by atoms with Crippen LogP contribution < -0.4 is 10.2 Å². The Hall–Kier alpha value is -2.22. The number of β-amino-alcohol motifs (C(OH)–C–C–N with tert-alkyl or cyclic N) is 1. The van der Waals surface area contributed by atoms with Gasteiger partial charge in [-0.25, -0.2) is 9.97 Å². The Morgan fingerprint density at radius 3 is 2.70 bits per heavy atom. The Kier molecular flexibility index (Phi) is 5.84. The van der Waals surface area contributed by atoms with Crippen molar-refractivity contribution >= 4 is 11.6 Å². The lowest BCUT2D eigenvalue weighted by molar-refractivity contribution is 0.0293. The maximum absolute atomic E-state index is 11.0. The van der Waals surface area contributed by atoms with Gasteiger partial charge in [-0.2, -0.15) is 0 Å². The lowest BCUT2D eigenvalue weighted by Crippen LogP contribution is -2.55. The van der Waals surface area contributed by atoms with Gasteiger partial charge in [0.05, 0.1) is 6.10 Å². The quantitative estimate of drug-likeness (QED) is 0.801. The van der Waals surface area contributed by atoms with Crippen LogP contribution in [0, 0.1) is 0 Å². The van der Waals surface area contributed by atoms with Gasteiger partial charge in [0.1, 0.15) is 18.0 Å². The molecule has 0 spiro atoms. The van der Waals surface area contributed by atoms with Crippen molar-refractivity contribution in [2.75, 3.05) is 43.1 Å². The Morgan fingerprint density at radius 1 is 1.03 bits per heavy atom. The maximum atomic E-state index is 11.0. The number of fused-ring (bicyclic) bond motifs is 1. The standard InChI is InChI=1S/C23H31N5O2/c29-21-15-28(23-13-22(24-16-25-23)26-19-7-11-30-12-8-19)10-6-20(21)27-9-5-17-3-1-2-4-18(17)14-27/h1-4,13,16,19-21,29H,5-12,14-15H2,(H,24,25,26)/t20?,21-/m0/s1. The van der Waals surface area contributed by atoms with E-state index in [-0.39, 0.29) is 12.1 Å². The molecular weight excluding hydrogens is 378 g/mol. The second-order valence-corrected chi connectivity index (χ2v) is 8.65. The van der Waals surface area contributed by atoms with Crippen LogP contribution >= 0.6 is 0 Å². The lowest BCUT2D eigenvalue weighted by atomic mass is 9.94. The van der Waals surface area contributed by atoms with Crippen molar-refractivity contribution in [3.63, 3.8) is 0 Å². The zero-order chi connectivity index (χ0) is 20.3. The predicted octanol–water partition coefficient (Wildman–Crippen LogP) is 2.07. The Morgan fingerprint density at radius 2 is 1.87 bits per heavy atom. The number of ether oxygens (including phenoxy) is 1. The van der Waals surface area contributed by atoms with Gasteiger partial charge in [0.25, 0.3) is 0 Å². The fourth-order valence-electron chi connectivity index (χ4n) is 5.00. The molecule has 2 fully saturated rings. The molecule has 0 amide bonds. The van der Waals surface area contributed by atoms with Crippen LogP contribution in [0.2, 0.25) is 0 Å². The summed E-state index contributed by atoms with van der Waals surface area (Å²) < 4.78 is 5.43. The van der Waals surface area contributed by atoms with E-state index >= 15 is 0 Å². The van der Waals surface area contributed by atoms with Gasteiger partial charge < -0.3 is 20.1 Å². The average molecular weight is 410 g/mol. The number of aliphatic hydroxyl groups excluding tert-OH is 1. The number of piperidine rings is 1. The summed E-state index contributed by atoms with van der Waals surface area (Å²) in [6.45, 7) is 5.06. The molecule has 0 radical (unpaired) electrons. The maximum Gasteiger partial charge on any atom is 0.134 e. The van der Waals surface area contributed by atoms with Gasteiger partial charge in [0, 0.05) is 57.5 Å². The van der Waals surface area contributed by atoms with E-state index in [4.69, 9.17) is 4.74 Å². The van der Waals surface area contributed by atoms with Crippen LogP contribution in [0.4, 0.5) is 11.6 Å². The van der Waals surface area contributed by atoms with Gasteiger partial charge in [0.2, 0.25) is 0 Å². The first kappa shape index (κ1) is 19.7. The SMILES string of the molecule is O[C@H]1CN(c2cc(NC3CCOCC3)ncn2)CCC1N1CCc2ccccc2C1. The Bertz CT molecular complexity index is 857. The monoisotopic (exact) mass is 409 g/mol. The van der Waals surface area contributed by atoms with Crippen LogP contribution in [0.5, 0.6) is 0 Å². The summed E-state index contributed by atoms with van der Waals surface area (Å²) in [6, 6.07) is 11.3. The zero-order valence-electron chi connectivity index (χ0n) is 17.4. The van der Waals surface area contributed by atoms with E-state index in [0.29, 0.717) is 12.6 Å². The molecule has 1 aromatic heterocycles. The first-order valence-corrected chi connectivity index (χ1v) is 11.2. The molecule has 2 saturated heterocycles. The fraction of sp³-hybridized carbons (Fsp3) is 0.565. The molecule has 3 aliphatic rings. The van der Waals surface area contributed by atoms with Crippen molar-refractivity contribution in [1.82, 2.24) is 14.9 Å². The molecule has 1 unspecified atom stereocenters. The summed E-state index contributed by atoms with van der Waals surface area (Å²) in [5.74, 6) is 1.75. The lowest BCUT2D eigenvalue weighted by Gasteiger charge is -2.43. The summed E-state index contributed by atoms with van der Waals surface area (Å²) in [6.07, 6.45) is 5.25. The number of benzene rings is 1. The molecule has 4 heterocycles. The molecular formula is C23H31N5O2. The third kappa shape index (κ3) is 4.29. The highest BCUT2D eigenvalue weighted by Crippen LogP contribution is 2.27. The van der Waals surface area contributed by atoms with Crippen molar-refractivity contribution in [3.05, 3.63) is 47.8 Å². The molecule has 0 aliphatic carbocycles. The normalized spacial score (nSPS) is 25.7. The molecule has 7 heteroatoms. The van der Waals surface area contributed by atoms with Gasteiger partial charge in [0.15, 0.2) is 0 Å². The van der Waals surface area contributed by atoms with E-state index in [1.54, 1.807) is 6.33 Å². The van der Waals surface area contributed by atoms with Crippen molar-refractivity contribution in [3.8, 4) is 0 Å². The molecule has 7 nitrogen and oxygen atoms in total. The number of nitrogens with zero attached hydrogens (tertiary/aromatic N) is 4. The van der Waals surface area contributed by atoms with Gasteiger partial charge in [-0.3, -0.25) is 4.90 Å². The highest BCUT2D eigenvalue weighted by molar-refractivity contribution is 5.49. The average Bonchev–Trinajstić information content (AvgIpc) is 2.79. The van der Waals surface area contributed by atoms with Crippen LogP contribution in [0.25, 0.3) is 0 Å². The first-order chi connectivity index (χ1) is 14.8. The second-order valence-electron chi connectivity index (χ2n) is 8.65. The van der Waals surface area contributed by atoms with Crippen molar-refractivity contribution in [2.24, 2.45) is 0 Å². The number of aromatic nitrogens is 2. The van der Waals surface area contributed by atoms with Crippen molar-refractivity contribution < 1.29 is 9.84 Å². The zero-order valence-corrected chi connectivity index (χ0v) is 17.4. The van der Waals surface area contributed by atoms with Crippen molar-refractivity contribution in [2.45, 2.75) is 50.4 Å². The molecule has 2 atom stereocenters. The minimum Gasteiger partial charge on any atom is -0.390 e. The fourth-order valence-corrected chi connectivity index (χ4v) is 5.00. The van der Waals surface area contributed by atoms with Crippen LogP contribution in [-0.2, 0) is 17.7 Å². The highest BCUT2D eigenvalue weighted by Gasteiger charge is 2.34. The van der Waals surface area contributed by atoms with E-state index < -0.39 is 0 Å². The van der Waals surface area contributed by atoms with Crippen LogP contribution in [0.3, 0.4) is 0 Å². The van der Waals surface area contributed by atoms with E-state index in [1.165, 1.54) is 11.1 Å². The van der Waals surface area contributed by atoms with Gasteiger partial charge in [-0.05, 0) is 36.8 Å². The van der Waals surface area contributed by atoms with Gasteiger partial charge >= 0.3 is 0 Å².